The van der Waals surface area contributed by atoms with Gasteiger partial charge in [-0.25, -0.2) is 4.57 Å². The van der Waals surface area contributed by atoms with Gasteiger partial charge >= 0.3 is 0 Å². The van der Waals surface area contributed by atoms with E-state index in [1.54, 1.807) is 6.07 Å². The molecule has 3 heteroatoms. The van der Waals surface area contributed by atoms with Crippen LogP contribution in [0.15, 0.2) is 24.5 Å². The van der Waals surface area contributed by atoms with E-state index in [-0.39, 0.29) is 5.91 Å². The number of pyridine rings is 1. The van der Waals surface area contributed by atoms with Crippen molar-refractivity contribution in [3.8, 4) is 0 Å². The van der Waals surface area contributed by atoms with Crippen molar-refractivity contribution in [1.82, 2.24) is 0 Å². The highest BCUT2D eigenvalue weighted by Crippen LogP contribution is 2.12. The average Bonchev–Trinajstić information content (AvgIpc) is 2.62. The van der Waals surface area contributed by atoms with Crippen molar-refractivity contribution in [3.63, 3.8) is 0 Å². The maximum absolute atomic E-state index is 11.2. The van der Waals surface area contributed by atoms with E-state index in [0.29, 0.717) is 5.56 Å². The van der Waals surface area contributed by atoms with Crippen LogP contribution >= 0.6 is 0 Å². The Kier molecular flexibility index (Phi) is 12.9. The molecule has 0 bridgehead atoms. The second-order valence-corrected chi connectivity index (χ2v) is 7.29. The van der Waals surface area contributed by atoms with Crippen LogP contribution in [0.1, 0.15) is 107 Å². The Morgan fingerprint density at radius 2 is 1.32 bits per heavy atom. The first-order valence-electron chi connectivity index (χ1n) is 10.5. The van der Waals surface area contributed by atoms with E-state index in [1.807, 2.05) is 18.5 Å². The number of hydrogen-bond donors (Lipinski definition) is 1. The molecule has 142 valence electrons. The van der Waals surface area contributed by atoms with Crippen molar-refractivity contribution in [3.05, 3.63) is 30.1 Å². The summed E-state index contributed by atoms with van der Waals surface area (Å²) in [5.74, 6) is -0.352. The third-order valence-corrected chi connectivity index (χ3v) is 4.91. The van der Waals surface area contributed by atoms with Crippen LogP contribution < -0.4 is 10.3 Å². The van der Waals surface area contributed by atoms with Gasteiger partial charge in [-0.3, -0.25) is 4.79 Å². The number of carbonyl (C=O) groups excluding carboxylic acids is 1. The van der Waals surface area contributed by atoms with E-state index in [0.717, 1.165) is 6.54 Å². The van der Waals surface area contributed by atoms with E-state index < -0.39 is 0 Å². The summed E-state index contributed by atoms with van der Waals surface area (Å²) in [7, 11) is 0. The maximum atomic E-state index is 11.2. The highest BCUT2D eigenvalue weighted by Gasteiger charge is 2.06. The molecule has 3 nitrogen and oxygen atoms in total. The molecule has 0 radical (unpaired) electrons. The average molecular weight is 348 g/mol. The van der Waals surface area contributed by atoms with Gasteiger partial charge in [-0.2, -0.15) is 0 Å². The molecule has 1 aromatic rings. The Bertz CT molecular complexity index is 459. The summed E-state index contributed by atoms with van der Waals surface area (Å²) in [5.41, 5.74) is 5.90. The second-order valence-electron chi connectivity index (χ2n) is 7.29. The molecule has 0 aromatic carbocycles. The van der Waals surface area contributed by atoms with Gasteiger partial charge in [0.15, 0.2) is 12.4 Å². The largest absolute Gasteiger partial charge is 0.365 e. The third-order valence-electron chi connectivity index (χ3n) is 4.91. The van der Waals surface area contributed by atoms with Crippen molar-refractivity contribution < 1.29 is 9.36 Å². The lowest BCUT2D eigenvalue weighted by Crippen LogP contribution is -2.34. The molecule has 0 saturated heterocycles. The van der Waals surface area contributed by atoms with E-state index in [4.69, 9.17) is 5.73 Å². The topological polar surface area (TPSA) is 47.0 Å². The van der Waals surface area contributed by atoms with Crippen LogP contribution in [0.5, 0.6) is 0 Å². The van der Waals surface area contributed by atoms with Gasteiger partial charge in [-0.05, 0) is 12.5 Å². The second kappa shape index (κ2) is 14.9. The lowest BCUT2D eigenvalue weighted by molar-refractivity contribution is -0.697. The summed E-state index contributed by atoms with van der Waals surface area (Å²) in [6, 6.07) is 3.66. The number of unbranched alkanes of at least 4 members (excludes halogenated alkanes) is 13. The van der Waals surface area contributed by atoms with Crippen LogP contribution in [-0.4, -0.2) is 5.91 Å². The number of hydrogen-bond acceptors (Lipinski definition) is 1. The van der Waals surface area contributed by atoms with Crippen LogP contribution in [-0.2, 0) is 6.54 Å². The summed E-state index contributed by atoms with van der Waals surface area (Å²) in [6.07, 6.45) is 23.1. The zero-order valence-corrected chi connectivity index (χ0v) is 16.3. The van der Waals surface area contributed by atoms with Crippen LogP contribution in [0.2, 0.25) is 0 Å². The third kappa shape index (κ3) is 11.7. The molecular formula is C22H39N2O+. The molecular weight excluding hydrogens is 308 g/mol. The number of aryl methyl sites for hydroxylation is 1. The van der Waals surface area contributed by atoms with Gasteiger partial charge in [0.2, 0.25) is 0 Å². The Balaban J connectivity index is 1.87. The summed E-state index contributed by atoms with van der Waals surface area (Å²) in [4.78, 5) is 11.2. The normalized spacial score (nSPS) is 10.9. The van der Waals surface area contributed by atoms with E-state index in [2.05, 4.69) is 11.5 Å². The predicted octanol–water partition coefficient (Wildman–Crippen LogP) is 5.55. The fourth-order valence-corrected chi connectivity index (χ4v) is 3.30. The molecule has 25 heavy (non-hydrogen) atoms. The van der Waals surface area contributed by atoms with E-state index in [9.17, 15) is 4.79 Å². The number of nitrogens with two attached hydrogens (primary N) is 1. The number of aromatic nitrogens is 1. The first kappa shape index (κ1) is 21.7. The molecule has 0 atom stereocenters. The van der Waals surface area contributed by atoms with Crippen molar-refractivity contribution in [1.29, 1.82) is 0 Å². The molecule has 1 amide bonds. The maximum Gasteiger partial charge on any atom is 0.254 e. The predicted molar refractivity (Wildman–Crippen MR) is 105 cm³/mol. The highest BCUT2D eigenvalue weighted by molar-refractivity contribution is 5.92. The van der Waals surface area contributed by atoms with Gasteiger partial charge in [0, 0.05) is 12.5 Å². The van der Waals surface area contributed by atoms with E-state index in [1.165, 1.54) is 89.9 Å². The molecule has 0 spiro atoms. The summed E-state index contributed by atoms with van der Waals surface area (Å²) in [6.45, 7) is 3.25. The van der Waals surface area contributed by atoms with Gasteiger partial charge in [-0.1, -0.05) is 84.0 Å². The Morgan fingerprint density at radius 1 is 0.840 bits per heavy atom. The molecule has 0 fully saturated rings. The first-order chi connectivity index (χ1) is 12.2. The molecule has 0 saturated carbocycles. The van der Waals surface area contributed by atoms with Crippen LogP contribution in [0.3, 0.4) is 0 Å². The standard InChI is InChI=1S/C22H38N2O/c1-2-3-4-5-6-7-8-9-10-11-12-13-14-15-18-24-19-16-17-21(20-24)22(23)25/h16-17,19-20H,2-15,18H2,1H3,(H-,23,25)/p+1. The van der Waals surface area contributed by atoms with Crippen LogP contribution in [0, 0.1) is 0 Å². The molecule has 2 N–H and O–H groups in total. The molecule has 1 heterocycles. The van der Waals surface area contributed by atoms with Gasteiger partial charge in [-0.15, -0.1) is 0 Å². The van der Waals surface area contributed by atoms with Crippen molar-refractivity contribution in [2.75, 3.05) is 0 Å². The number of carbonyl (C=O) groups is 1. The summed E-state index contributed by atoms with van der Waals surface area (Å²) >= 11 is 0. The van der Waals surface area contributed by atoms with Crippen LogP contribution in [0.25, 0.3) is 0 Å². The number of rotatable bonds is 16. The molecule has 1 rings (SSSR count). The van der Waals surface area contributed by atoms with Gasteiger partial charge in [0.1, 0.15) is 12.1 Å². The first-order valence-corrected chi connectivity index (χ1v) is 10.5. The minimum Gasteiger partial charge on any atom is -0.365 e. The van der Waals surface area contributed by atoms with Crippen molar-refractivity contribution >= 4 is 5.91 Å². The Morgan fingerprint density at radius 3 is 1.80 bits per heavy atom. The molecule has 0 aliphatic carbocycles. The summed E-state index contributed by atoms with van der Waals surface area (Å²) in [5, 5.41) is 0. The van der Waals surface area contributed by atoms with Crippen LogP contribution in [0.4, 0.5) is 0 Å². The molecule has 0 aliphatic heterocycles. The number of amides is 1. The van der Waals surface area contributed by atoms with Crippen molar-refractivity contribution in [2.45, 2.75) is 103 Å². The Labute approximate surface area is 155 Å². The smallest absolute Gasteiger partial charge is 0.254 e. The SMILES string of the molecule is CCCCCCCCCCCCCCCC[n+]1cccc(C(N)=O)c1. The minimum atomic E-state index is -0.352. The number of nitrogens with zero attached hydrogens (tertiary/aromatic N) is 1. The molecule has 0 unspecified atom stereocenters. The monoisotopic (exact) mass is 347 g/mol. The van der Waals surface area contributed by atoms with Gasteiger partial charge in [0.05, 0.1) is 0 Å². The summed E-state index contributed by atoms with van der Waals surface area (Å²) < 4.78 is 2.07. The lowest BCUT2D eigenvalue weighted by atomic mass is 10.0. The van der Waals surface area contributed by atoms with Crippen molar-refractivity contribution in [2.24, 2.45) is 5.73 Å². The fourth-order valence-electron chi connectivity index (χ4n) is 3.30. The number of primary amides is 1. The lowest BCUT2D eigenvalue weighted by Gasteiger charge is -2.03. The van der Waals surface area contributed by atoms with Gasteiger partial charge < -0.3 is 5.73 Å². The molecule has 0 aliphatic rings. The Hall–Kier alpha value is -1.38. The zero-order chi connectivity index (χ0) is 18.2. The minimum absolute atomic E-state index is 0.352. The van der Waals surface area contributed by atoms with E-state index >= 15 is 0 Å². The quantitative estimate of drug-likeness (QED) is 0.309. The highest BCUT2D eigenvalue weighted by atomic mass is 16.1. The fraction of sp³-hybridized carbons (Fsp3) is 0.727. The van der Waals surface area contributed by atoms with Gasteiger partial charge in [0.25, 0.3) is 5.91 Å². The zero-order valence-electron chi connectivity index (χ0n) is 16.3. The molecule has 1 aromatic heterocycles.